The summed E-state index contributed by atoms with van der Waals surface area (Å²) in [6.45, 7) is 4.21. The highest BCUT2D eigenvalue weighted by Gasteiger charge is 2.16. The number of aliphatic hydroxyl groups excluding tert-OH is 1. The number of benzene rings is 1. The predicted molar refractivity (Wildman–Crippen MR) is 62.1 cm³/mol. The van der Waals surface area contributed by atoms with Crippen LogP contribution in [-0.4, -0.2) is 16.6 Å². The van der Waals surface area contributed by atoms with Gasteiger partial charge in [-0.15, -0.1) is 0 Å². The zero-order valence-corrected chi connectivity index (χ0v) is 9.47. The summed E-state index contributed by atoms with van der Waals surface area (Å²) in [6.07, 6.45) is -0.698. The van der Waals surface area contributed by atoms with Gasteiger partial charge in [-0.2, -0.15) is 0 Å². The number of aromatic nitrogens is 1. The first kappa shape index (κ1) is 11.1. The van der Waals surface area contributed by atoms with Crippen LogP contribution in [0.15, 0.2) is 22.6 Å². The van der Waals surface area contributed by atoms with Crippen molar-refractivity contribution >= 4 is 11.1 Å². The summed E-state index contributed by atoms with van der Waals surface area (Å²) in [7, 11) is 0. The highest BCUT2D eigenvalue weighted by molar-refractivity contribution is 5.76. The van der Waals surface area contributed by atoms with E-state index < -0.39 is 6.10 Å². The maximum atomic E-state index is 9.76. The molecule has 0 radical (unpaired) electrons. The molecule has 0 saturated carbocycles. The summed E-state index contributed by atoms with van der Waals surface area (Å²) in [4.78, 5) is 4.37. The normalized spacial score (nSPS) is 13.6. The van der Waals surface area contributed by atoms with E-state index in [1.807, 2.05) is 32.0 Å². The third-order valence-electron chi connectivity index (χ3n) is 2.54. The number of hydrogen-bond acceptors (Lipinski definition) is 4. The molecule has 1 heterocycles. The minimum Gasteiger partial charge on any atom is -0.440 e. The van der Waals surface area contributed by atoms with Gasteiger partial charge in [-0.1, -0.05) is 26.0 Å². The van der Waals surface area contributed by atoms with Crippen molar-refractivity contribution in [3.05, 3.63) is 29.7 Å². The Bertz CT molecular complexity index is 491. The van der Waals surface area contributed by atoms with Gasteiger partial charge in [0.2, 0.25) is 0 Å². The van der Waals surface area contributed by atoms with E-state index in [-0.39, 0.29) is 12.5 Å². The van der Waals surface area contributed by atoms with E-state index in [4.69, 9.17) is 10.2 Å². The number of rotatable bonds is 3. The topological polar surface area (TPSA) is 72.3 Å². The first-order valence-electron chi connectivity index (χ1n) is 5.41. The highest BCUT2D eigenvalue weighted by atomic mass is 16.4. The van der Waals surface area contributed by atoms with Gasteiger partial charge < -0.3 is 15.3 Å². The van der Waals surface area contributed by atoms with Gasteiger partial charge in [0.15, 0.2) is 11.5 Å². The molecule has 0 aliphatic heterocycles. The minimum atomic E-state index is -0.698. The Morgan fingerprint density at radius 1 is 1.44 bits per heavy atom. The fourth-order valence-electron chi connectivity index (χ4n) is 1.62. The van der Waals surface area contributed by atoms with Crippen LogP contribution in [0.1, 0.15) is 37.3 Å². The molecule has 3 N–H and O–H groups in total. The molecule has 16 heavy (non-hydrogen) atoms. The van der Waals surface area contributed by atoms with E-state index in [2.05, 4.69) is 4.98 Å². The van der Waals surface area contributed by atoms with Gasteiger partial charge in [-0.25, -0.2) is 4.98 Å². The van der Waals surface area contributed by atoms with Crippen LogP contribution in [0.3, 0.4) is 0 Å². The SMILES string of the molecule is CC(C)c1nc2cccc(C(O)CN)c2o1. The van der Waals surface area contributed by atoms with E-state index in [1.54, 1.807) is 0 Å². The monoisotopic (exact) mass is 220 g/mol. The van der Waals surface area contributed by atoms with Gasteiger partial charge in [0.05, 0.1) is 6.10 Å². The maximum absolute atomic E-state index is 9.76. The molecule has 0 fully saturated rings. The molecule has 1 aromatic carbocycles. The summed E-state index contributed by atoms with van der Waals surface area (Å²) in [5, 5.41) is 9.76. The first-order chi connectivity index (χ1) is 7.63. The van der Waals surface area contributed by atoms with E-state index in [0.717, 1.165) is 5.52 Å². The first-order valence-corrected chi connectivity index (χ1v) is 5.41. The van der Waals surface area contributed by atoms with Gasteiger partial charge >= 0.3 is 0 Å². The second-order valence-electron chi connectivity index (χ2n) is 4.15. The molecule has 0 bridgehead atoms. The molecule has 4 heteroatoms. The average molecular weight is 220 g/mol. The van der Waals surface area contributed by atoms with Gasteiger partial charge in [0, 0.05) is 18.0 Å². The van der Waals surface area contributed by atoms with E-state index in [1.165, 1.54) is 0 Å². The summed E-state index contributed by atoms with van der Waals surface area (Å²) < 4.78 is 5.66. The van der Waals surface area contributed by atoms with Crippen LogP contribution in [0.2, 0.25) is 0 Å². The van der Waals surface area contributed by atoms with Gasteiger partial charge in [-0.3, -0.25) is 0 Å². The Balaban J connectivity index is 2.58. The number of nitrogens with zero attached hydrogens (tertiary/aromatic N) is 1. The number of para-hydroxylation sites is 1. The lowest BCUT2D eigenvalue weighted by molar-refractivity contribution is 0.187. The van der Waals surface area contributed by atoms with Crippen LogP contribution >= 0.6 is 0 Å². The quantitative estimate of drug-likeness (QED) is 0.829. The third kappa shape index (κ3) is 1.81. The van der Waals surface area contributed by atoms with Crippen molar-refractivity contribution in [2.75, 3.05) is 6.54 Å². The number of fused-ring (bicyclic) bond motifs is 1. The van der Waals surface area contributed by atoms with Crippen LogP contribution in [-0.2, 0) is 0 Å². The second kappa shape index (κ2) is 4.23. The zero-order chi connectivity index (χ0) is 11.7. The van der Waals surface area contributed by atoms with Crippen LogP contribution < -0.4 is 5.73 Å². The summed E-state index contributed by atoms with van der Waals surface area (Å²) in [6, 6.07) is 5.54. The number of hydrogen-bond donors (Lipinski definition) is 2. The van der Waals surface area contributed by atoms with Crippen LogP contribution in [0, 0.1) is 0 Å². The van der Waals surface area contributed by atoms with E-state index in [9.17, 15) is 5.11 Å². The third-order valence-corrected chi connectivity index (χ3v) is 2.54. The highest BCUT2D eigenvalue weighted by Crippen LogP contribution is 2.27. The standard InChI is InChI=1S/C12H16N2O2/c1-7(2)12-14-9-5-3-4-8(10(15)6-13)11(9)16-12/h3-5,7,10,15H,6,13H2,1-2H3. The van der Waals surface area contributed by atoms with Crippen molar-refractivity contribution in [3.63, 3.8) is 0 Å². The lowest BCUT2D eigenvalue weighted by atomic mass is 10.1. The lowest BCUT2D eigenvalue weighted by Crippen LogP contribution is -2.11. The Kier molecular flexibility index (Phi) is 2.94. The molecular formula is C12H16N2O2. The van der Waals surface area contributed by atoms with E-state index >= 15 is 0 Å². The smallest absolute Gasteiger partial charge is 0.198 e. The van der Waals surface area contributed by atoms with Crippen LogP contribution in [0.4, 0.5) is 0 Å². The number of oxazole rings is 1. The fraction of sp³-hybridized carbons (Fsp3) is 0.417. The van der Waals surface area contributed by atoms with Crippen molar-refractivity contribution in [3.8, 4) is 0 Å². The number of nitrogens with two attached hydrogens (primary N) is 1. The van der Waals surface area contributed by atoms with E-state index in [0.29, 0.717) is 17.0 Å². The Labute approximate surface area is 94.1 Å². The largest absolute Gasteiger partial charge is 0.440 e. The van der Waals surface area contributed by atoms with Crippen molar-refractivity contribution in [1.82, 2.24) is 4.98 Å². The molecular weight excluding hydrogens is 204 g/mol. The molecule has 4 nitrogen and oxygen atoms in total. The van der Waals surface area contributed by atoms with Crippen molar-refractivity contribution < 1.29 is 9.52 Å². The lowest BCUT2D eigenvalue weighted by Gasteiger charge is -2.07. The molecule has 0 spiro atoms. The Hall–Kier alpha value is -1.39. The minimum absolute atomic E-state index is 0.177. The van der Waals surface area contributed by atoms with Gasteiger partial charge in [0.1, 0.15) is 5.52 Å². The molecule has 1 atom stereocenters. The van der Waals surface area contributed by atoms with Crippen LogP contribution in [0.25, 0.3) is 11.1 Å². The van der Waals surface area contributed by atoms with Gasteiger partial charge in [-0.05, 0) is 6.07 Å². The summed E-state index contributed by atoms with van der Waals surface area (Å²) >= 11 is 0. The Morgan fingerprint density at radius 2 is 2.19 bits per heavy atom. The molecule has 0 aliphatic rings. The molecule has 2 aromatic rings. The fourth-order valence-corrected chi connectivity index (χ4v) is 1.62. The molecule has 2 rings (SSSR count). The van der Waals surface area contributed by atoms with Crippen molar-refractivity contribution in [2.24, 2.45) is 5.73 Å². The average Bonchev–Trinajstić information content (AvgIpc) is 2.71. The Morgan fingerprint density at radius 3 is 2.81 bits per heavy atom. The zero-order valence-electron chi connectivity index (χ0n) is 9.47. The molecule has 1 aromatic heterocycles. The molecule has 1 unspecified atom stereocenters. The molecule has 0 aliphatic carbocycles. The van der Waals surface area contributed by atoms with Crippen molar-refractivity contribution in [1.29, 1.82) is 0 Å². The van der Waals surface area contributed by atoms with Crippen molar-refractivity contribution in [2.45, 2.75) is 25.9 Å². The molecule has 86 valence electrons. The summed E-state index contributed by atoms with van der Waals surface area (Å²) in [5.74, 6) is 0.918. The summed E-state index contributed by atoms with van der Waals surface area (Å²) in [5.41, 5.74) is 7.57. The molecule has 0 amide bonds. The molecule has 0 saturated heterocycles. The van der Waals surface area contributed by atoms with Crippen LogP contribution in [0.5, 0.6) is 0 Å². The maximum Gasteiger partial charge on any atom is 0.198 e. The predicted octanol–water partition coefficient (Wildman–Crippen LogP) is 1.94. The number of aliphatic hydroxyl groups is 1. The van der Waals surface area contributed by atoms with Gasteiger partial charge in [0.25, 0.3) is 0 Å². The second-order valence-corrected chi connectivity index (χ2v) is 4.15.